The highest BCUT2D eigenvalue weighted by atomic mass is 16.5. The van der Waals surface area contributed by atoms with Crippen molar-refractivity contribution in [2.24, 2.45) is 0 Å². The first kappa shape index (κ1) is 15.6. The summed E-state index contributed by atoms with van der Waals surface area (Å²) in [7, 11) is 1.61. The molecule has 0 saturated carbocycles. The van der Waals surface area contributed by atoms with E-state index in [0.717, 1.165) is 42.7 Å². The molecule has 0 unspecified atom stereocenters. The van der Waals surface area contributed by atoms with Gasteiger partial charge in [0.25, 0.3) is 5.91 Å². The zero-order valence-corrected chi connectivity index (χ0v) is 14.1. The average Bonchev–Trinajstić information content (AvgIpc) is 3.12. The number of nitrogens with one attached hydrogen (secondary N) is 1. The van der Waals surface area contributed by atoms with Crippen LogP contribution < -0.4 is 4.74 Å². The number of methoxy groups -OCH3 is 1. The monoisotopic (exact) mass is 336 g/mol. The van der Waals surface area contributed by atoms with Gasteiger partial charge >= 0.3 is 0 Å². The van der Waals surface area contributed by atoms with Crippen LogP contribution in [0.15, 0.2) is 42.6 Å². The number of piperidine rings is 1. The van der Waals surface area contributed by atoms with Gasteiger partial charge in [-0.25, -0.2) is 4.98 Å². The largest absolute Gasteiger partial charge is 0.497 e. The fourth-order valence-electron chi connectivity index (χ4n) is 3.49. The van der Waals surface area contributed by atoms with E-state index in [1.54, 1.807) is 19.4 Å². The van der Waals surface area contributed by atoms with Gasteiger partial charge < -0.3 is 9.64 Å². The molecule has 25 heavy (non-hydrogen) atoms. The van der Waals surface area contributed by atoms with E-state index in [0.29, 0.717) is 17.2 Å². The molecule has 0 spiro atoms. The van der Waals surface area contributed by atoms with Crippen LogP contribution in [0, 0.1) is 0 Å². The van der Waals surface area contributed by atoms with Crippen LogP contribution in [-0.4, -0.2) is 46.2 Å². The molecule has 1 aliphatic heterocycles. The summed E-state index contributed by atoms with van der Waals surface area (Å²) in [5.74, 6) is 1.15. The molecule has 0 radical (unpaired) electrons. The van der Waals surface area contributed by atoms with Crippen LogP contribution in [0.2, 0.25) is 0 Å². The van der Waals surface area contributed by atoms with E-state index >= 15 is 0 Å². The number of amides is 1. The van der Waals surface area contributed by atoms with Gasteiger partial charge in [-0.3, -0.25) is 9.89 Å². The van der Waals surface area contributed by atoms with Crippen LogP contribution in [0.4, 0.5) is 0 Å². The minimum atomic E-state index is 0.0634. The minimum Gasteiger partial charge on any atom is -0.497 e. The summed E-state index contributed by atoms with van der Waals surface area (Å²) in [6.07, 6.45) is 3.59. The predicted molar refractivity (Wildman–Crippen MR) is 94.8 cm³/mol. The smallest absolute Gasteiger partial charge is 0.253 e. The second-order valence-corrected chi connectivity index (χ2v) is 6.31. The zero-order valence-electron chi connectivity index (χ0n) is 14.1. The summed E-state index contributed by atoms with van der Waals surface area (Å²) in [6.45, 7) is 1.48. The van der Waals surface area contributed by atoms with E-state index in [-0.39, 0.29) is 5.91 Å². The number of likely N-dealkylation sites (tertiary alicyclic amines) is 1. The summed E-state index contributed by atoms with van der Waals surface area (Å²) >= 11 is 0. The Bertz CT molecular complexity index is 897. The van der Waals surface area contributed by atoms with Crippen molar-refractivity contribution in [3.63, 3.8) is 0 Å². The van der Waals surface area contributed by atoms with E-state index in [9.17, 15) is 4.79 Å². The maximum absolute atomic E-state index is 12.7. The highest BCUT2D eigenvalue weighted by Crippen LogP contribution is 2.31. The lowest BCUT2D eigenvalue weighted by atomic mass is 9.91. The number of pyridine rings is 1. The van der Waals surface area contributed by atoms with E-state index in [1.807, 2.05) is 29.2 Å². The lowest BCUT2D eigenvalue weighted by molar-refractivity contribution is 0.0712. The highest BCUT2D eigenvalue weighted by molar-refractivity contribution is 5.94. The molecule has 1 saturated heterocycles. The maximum atomic E-state index is 12.7. The molecule has 1 aromatic carbocycles. The summed E-state index contributed by atoms with van der Waals surface area (Å²) in [6, 6.07) is 11.3. The van der Waals surface area contributed by atoms with Crippen molar-refractivity contribution in [1.82, 2.24) is 20.1 Å². The Hall–Kier alpha value is -2.89. The first-order valence-electron chi connectivity index (χ1n) is 8.48. The number of hydrogen-bond donors (Lipinski definition) is 1. The molecule has 3 aromatic rings. The quantitative estimate of drug-likeness (QED) is 0.798. The van der Waals surface area contributed by atoms with E-state index in [2.05, 4.69) is 21.2 Å². The number of hydrogen-bond acceptors (Lipinski definition) is 4. The number of fused-ring (bicyclic) bond motifs is 1. The molecule has 1 amide bonds. The number of aromatic nitrogens is 3. The Kier molecular flexibility index (Phi) is 4.09. The van der Waals surface area contributed by atoms with Crippen molar-refractivity contribution in [1.29, 1.82) is 0 Å². The number of rotatable bonds is 3. The van der Waals surface area contributed by atoms with Crippen molar-refractivity contribution in [2.45, 2.75) is 18.8 Å². The Morgan fingerprint density at radius 2 is 2.08 bits per heavy atom. The van der Waals surface area contributed by atoms with Crippen molar-refractivity contribution >= 4 is 16.9 Å². The normalized spacial score (nSPS) is 15.5. The van der Waals surface area contributed by atoms with Crippen molar-refractivity contribution in [2.75, 3.05) is 20.2 Å². The molecule has 6 heteroatoms. The first-order valence-corrected chi connectivity index (χ1v) is 8.48. The minimum absolute atomic E-state index is 0.0634. The van der Waals surface area contributed by atoms with Gasteiger partial charge in [-0.05, 0) is 43.2 Å². The number of benzene rings is 1. The Labute approximate surface area is 145 Å². The molecule has 4 rings (SSSR count). The Morgan fingerprint density at radius 1 is 1.24 bits per heavy atom. The highest BCUT2D eigenvalue weighted by Gasteiger charge is 2.26. The van der Waals surface area contributed by atoms with Gasteiger partial charge in [-0.1, -0.05) is 6.07 Å². The van der Waals surface area contributed by atoms with Gasteiger partial charge in [0, 0.05) is 41.8 Å². The van der Waals surface area contributed by atoms with Crippen LogP contribution in [0.3, 0.4) is 0 Å². The molecule has 6 nitrogen and oxygen atoms in total. The van der Waals surface area contributed by atoms with Crippen LogP contribution in [0.1, 0.15) is 34.8 Å². The maximum Gasteiger partial charge on any atom is 0.253 e. The molecule has 128 valence electrons. The van der Waals surface area contributed by atoms with Crippen LogP contribution >= 0.6 is 0 Å². The number of H-pyrrole nitrogens is 1. The van der Waals surface area contributed by atoms with Gasteiger partial charge in [0.1, 0.15) is 5.75 Å². The Morgan fingerprint density at radius 3 is 2.88 bits per heavy atom. The number of aromatic amines is 1. The molecule has 2 aromatic heterocycles. The van der Waals surface area contributed by atoms with E-state index < -0.39 is 0 Å². The molecule has 1 aliphatic rings. The summed E-state index contributed by atoms with van der Waals surface area (Å²) < 4.78 is 5.21. The number of ether oxygens (including phenoxy) is 1. The lowest BCUT2D eigenvalue weighted by Gasteiger charge is -2.31. The third-order valence-corrected chi connectivity index (χ3v) is 4.87. The topological polar surface area (TPSA) is 71.1 Å². The molecule has 0 aliphatic carbocycles. The summed E-state index contributed by atoms with van der Waals surface area (Å²) in [4.78, 5) is 18.9. The predicted octanol–water partition coefficient (Wildman–Crippen LogP) is 2.99. The standard InChI is InChI=1S/C19H20N4O2/c1-25-15-5-2-4-14(12-15)19(24)23-10-7-13(8-11-23)17-16-6-3-9-20-18(16)22-21-17/h2-6,9,12-13H,7-8,10-11H2,1H3,(H,20,21,22). The van der Waals surface area contributed by atoms with Gasteiger partial charge in [0.15, 0.2) is 5.65 Å². The van der Waals surface area contributed by atoms with Gasteiger partial charge in [0.05, 0.1) is 7.11 Å². The summed E-state index contributed by atoms with van der Waals surface area (Å²) in [5.41, 5.74) is 2.57. The van der Waals surface area contributed by atoms with Gasteiger partial charge in [-0.15, -0.1) is 0 Å². The van der Waals surface area contributed by atoms with Crippen LogP contribution in [0.5, 0.6) is 5.75 Å². The van der Waals surface area contributed by atoms with Gasteiger partial charge in [0.2, 0.25) is 0 Å². The lowest BCUT2D eigenvalue weighted by Crippen LogP contribution is -2.38. The third kappa shape index (κ3) is 2.95. The molecule has 0 bridgehead atoms. The Balaban J connectivity index is 1.47. The SMILES string of the molecule is COc1cccc(C(=O)N2CCC(c3[nH]nc4ncccc34)CC2)c1. The molecule has 1 N–H and O–H groups in total. The van der Waals surface area contributed by atoms with Gasteiger partial charge in [-0.2, -0.15) is 5.10 Å². The van der Waals surface area contributed by atoms with E-state index in [4.69, 9.17) is 4.74 Å². The number of carbonyl (C=O) groups is 1. The fraction of sp³-hybridized carbons (Fsp3) is 0.316. The first-order chi connectivity index (χ1) is 12.3. The third-order valence-electron chi connectivity index (χ3n) is 4.87. The average molecular weight is 336 g/mol. The second-order valence-electron chi connectivity index (χ2n) is 6.31. The van der Waals surface area contributed by atoms with Crippen molar-refractivity contribution in [3.8, 4) is 5.75 Å². The number of nitrogens with zero attached hydrogens (tertiary/aromatic N) is 3. The van der Waals surface area contributed by atoms with Crippen molar-refractivity contribution < 1.29 is 9.53 Å². The fourth-order valence-corrected chi connectivity index (χ4v) is 3.49. The van der Waals surface area contributed by atoms with Crippen LogP contribution in [-0.2, 0) is 0 Å². The van der Waals surface area contributed by atoms with Crippen LogP contribution in [0.25, 0.3) is 11.0 Å². The molecule has 0 atom stereocenters. The zero-order chi connectivity index (χ0) is 17.2. The molecule has 3 heterocycles. The summed E-state index contributed by atoms with van der Waals surface area (Å²) in [5, 5.41) is 8.51. The molecular formula is C19H20N4O2. The number of carbonyl (C=O) groups excluding carboxylic acids is 1. The molecular weight excluding hydrogens is 316 g/mol. The van der Waals surface area contributed by atoms with E-state index in [1.165, 1.54) is 0 Å². The second kappa shape index (κ2) is 6.55. The van der Waals surface area contributed by atoms with Crippen molar-refractivity contribution in [3.05, 3.63) is 53.9 Å². The molecule has 1 fully saturated rings.